The average molecular weight is 400 g/mol. The van der Waals surface area contributed by atoms with E-state index in [4.69, 9.17) is 9.47 Å². The number of methoxy groups -OCH3 is 2. The highest BCUT2D eigenvalue weighted by Gasteiger charge is 2.39. The Hall–Kier alpha value is -2.91. The molecule has 28 heavy (non-hydrogen) atoms. The SMILES string of the molecule is COc1ccc(OC)c(S(=O)(=O)N2CC(n3cc(-c4ccccc4)nn3)C2)c1. The van der Waals surface area contributed by atoms with Gasteiger partial charge in [-0.15, -0.1) is 5.10 Å². The van der Waals surface area contributed by atoms with Crippen molar-refractivity contribution in [3.63, 3.8) is 0 Å². The first-order valence-corrected chi connectivity index (χ1v) is 10.2. The number of hydrogen-bond donors (Lipinski definition) is 0. The third-order valence-corrected chi connectivity index (χ3v) is 6.62. The maximum Gasteiger partial charge on any atom is 0.247 e. The standard InChI is InChI=1S/C19H20N4O4S/c1-26-16-8-9-18(27-2)19(10-16)28(24,25)22-11-15(12-22)23-13-17(20-21-23)14-6-4-3-5-7-14/h3-10,13,15H,11-12H2,1-2H3. The molecule has 0 aliphatic carbocycles. The van der Waals surface area contributed by atoms with E-state index in [9.17, 15) is 8.42 Å². The van der Waals surface area contributed by atoms with Gasteiger partial charge in [0.25, 0.3) is 0 Å². The highest BCUT2D eigenvalue weighted by Crippen LogP contribution is 2.35. The van der Waals surface area contributed by atoms with Crippen LogP contribution >= 0.6 is 0 Å². The van der Waals surface area contributed by atoms with E-state index < -0.39 is 10.0 Å². The highest BCUT2D eigenvalue weighted by molar-refractivity contribution is 7.89. The molecule has 0 unspecified atom stereocenters. The number of sulfonamides is 1. The predicted octanol–water partition coefficient (Wildman–Crippen LogP) is 2.21. The molecule has 1 aliphatic rings. The van der Waals surface area contributed by atoms with Gasteiger partial charge in [0.2, 0.25) is 10.0 Å². The van der Waals surface area contributed by atoms with Gasteiger partial charge in [-0.1, -0.05) is 35.5 Å². The van der Waals surface area contributed by atoms with E-state index in [1.807, 2.05) is 36.5 Å². The number of hydrogen-bond acceptors (Lipinski definition) is 6. The maximum atomic E-state index is 13.0. The molecule has 0 radical (unpaired) electrons. The molecule has 3 aromatic rings. The zero-order chi connectivity index (χ0) is 19.7. The van der Waals surface area contributed by atoms with Gasteiger partial charge in [-0.3, -0.25) is 0 Å². The van der Waals surface area contributed by atoms with Crippen molar-refractivity contribution in [1.29, 1.82) is 0 Å². The Balaban J connectivity index is 1.52. The van der Waals surface area contributed by atoms with Crippen LogP contribution in [0.5, 0.6) is 11.5 Å². The van der Waals surface area contributed by atoms with Gasteiger partial charge < -0.3 is 9.47 Å². The van der Waals surface area contributed by atoms with Crippen molar-refractivity contribution >= 4 is 10.0 Å². The summed E-state index contributed by atoms with van der Waals surface area (Å²) in [5, 5.41) is 8.36. The van der Waals surface area contributed by atoms with Crippen LogP contribution < -0.4 is 9.47 Å². The first-order valence-electron chi connectivity index (χ1n) is 8.72. The van der Waals surface area contributed by atoms with Crippen LogP contribution in [0.1, 0.15) is 6.04 Å². The molecule has 8 nitrogen and oxygen atoms in total. The van der Waals surface area contributed by atoms with Crippen molar-refractivity contribution in [2.45, 2.75) is 10.9 Å². The molecule has 0 N–H and O–H groups in total. The quantitative estimate of drug-likeness (QED) is 0.631. The molecule has 1 aromatic heterocycles. The van der Waals surface area contributed by atoms with Crippen molar-refractivity contribution < 1.29 is 17.9 Å². The largest absolute Gasteiger partial charge is 0.497 e. The van der Waals surface area contributed by atoms with Gasteiger partial charge in [0.05, 0.1) is 26.5 Å². The van der Waals surface area contributed by atoms with E-state index in [2.05, 4.69) is 10.3 Å². The molecule has 0 atom stereocenters. The molecule has 0 saturated carbocycles. The first-order chi connectivity index (χ1) is 13.5. The van der Waals surface area contributed by atoms with Crippen molar-refractivity contribution in [3.8, 4) is 22.8 Å². The number of benzene rings is 2. The minimum atomic E-state index is -3.70. The predicted molar refractivity (Wildman–Crippen MR) is 103 cm³/mol. The Kier molecular flexibility index (Phi) is 4.78. The summed E-state index contributed by atoms with van der Waals surface area (Å²) in [4.78, 5) is 0.0939. The van der Waals surface area contributed by atoms with E-state index >= 15 is 0 Å². The van der Waals surface area contributed by atoms with E-state index in [-0.39, 0.29) is 16.7 Å². The van der Waals surface area contributed by atoms with Gasteiger partial charge in [-0.25, -0.2) is 13.1 Å². The van der Waals surface area contributed by atoms with Crippen LogP contribution in [0.3, 0.4) is 0 Å². The van der Waals surface area contributed by atoms with Gasteiger partial charge in [0.15, 0.2) is 0 Å². The van der Waals surface area contributed by atoms with Gasteiger partial charge >= 0.3 is 0 Å². The minimum absolute atomic E-state index is 0.0589. The third kappa shape index (κ3) is 3.23. The summed E-state index contributed by atoms with van der Waals surface area (Å²) < 4.78 is 39.5. The number of aromatic nitrogens is 3. The van der Waals surface area contributed by atoms with Crippen LogP contribution in [-0.2, 0) is 10.0 Å². The summed E-state index contributed by atoms with van der Waals surface area (Å²) in [6.07, 6.45) is 1.84. The zero-order valence-electron chi connectivity index (χ0n) is 15.5. The van der Waals surface area contributed by atoms with Gasteiger partial charge in [0.1, 0.15) is 22.1 Å². The van der Waals surface area contributed by atoms with E-state index in [1.54, 1.807) is 16.8 Å². The van der Waals surface area contributed by atoms with Gasteiger partial charge in [0, 0.05) is 24.7 Å². The molecule has 0 spiro atoms. The lowest BCUT2D eigenvalue weighted by Crippen LogP contribution is -2.50. The second-order valence-electron chi connectivity index (χ2n) is 6.44. The lowest BCUT2D eigenvalue weighted by Gasteiger charge is -2.37. The molecule has 0 bridgehead atoms. The lowest BCUT2D eigenvalue weighted by molar-refractivity contribution is 0.188. The average Bonchev–Trinajstić information content (AvgIpc) is 3.16. The summed E-state index contributed by atoms with van der Waals surface area (Å²) in [6.45, 7) is 0.639. The Morgan fingerprint density at radius 3 is 2.46 bits per heavy atom. The second kappa shape index (κ2) is 7.25. The fourth-order valence-electron chi connectivity index (χ4n) is 3.10. The summed E-state index contributed by atoms with van der Waals surface area (Å²) in [5.74, 6) is 0.747. The molecule has 1 saturated heterocycles. The number of ether oxygens (including phenoxy) is 2. The van der Waals surface area contributed by atoms with Crippen molar-refractivity contribution in [2.24, 2.45) is 0 Å². The molecule has 146 valence electrons. The highest BCUT2D eigenvalue weighted by atomic mass is 32.2. The lowest BCUT2D eigenvalue weighted by atomic mass is 10.1. The van der Waals surface area contributed by atoms with Gasteiger partial charge in [-0.05, 0) is 12.1 Å². The summed E-state index contributed by atoms with van der Waals surface area (Å²) in [6, 6.07) is 14.4. The molecule has 0 amide bonds. The van der Waals surface area contributed by atoms with Crippen LogP contribution in [-0.4, -0.2) is 55.0 Å². The molecular formula is C19H20N4O4S. The maximum absolute atomic E-state index is 13.0. The molecule has 1 aliphatic heterocycles. The van der Waals surface area contributed by atoms with Crippen LogP contribution in [0.25, 0.3) is 11.3 Å². The van der Waals surface area contributed by atoms with E-state index in [1.165, 1.54) is 24.6 Å². The number of rotatable bonds is 6. The summed E-state index contributed by atoms with van der Waals surface area (Å²) >= 11 is 0. The van der Waals surface area contributed by atoms with E-state index in [0.717, 1.165) is 11.3 Å². The molecule has 1 fully saturated rings. The second-order valence-corrected chi connectivity index (χ2v) is 8.35. The van der Waals surface area contributed by atoms with Crippen LogP contribution in [0.4, 0.5) is 0 Å². The van der Waals surface area contributed by atoms with Crippen molar-refractivity contribution in [1.82, 2.24) is 19.3 Å². The topological polar surface area (TPSA) is 86.5 Å². The number of nitrogens with zero attached hydrogens (tertiary/aromatic N) is 4. The molecule has 2 aromatic carbocycles. The van der Waals surface area contributed by atoms with Crippen LogP contribution in [0.15, 0.2) is 59.6 Å². The van der Waals surface area contributed by atoms with Gasteiger partial charge in [-0.2, -0.15) is 4.31 Å². The Morgan fingerprint density at radius 2 is 1.79 bits per heavy atom. The summed E-state index contributed by atoms with van der Waals surface area (Å²) in [5.41, 5.74) is 1.73. The van der Waals surface area contributed by atoms with E-state index in [0.29, 0.717) is 18.8 Å². The molecule has 2 heterocycles. The fourth-order valence-corrected chi connectivity index (χ4v) is 4.79. The van der Waals surface area contributed by atoms with Crippen LogP contribution in [0.2, 0.25) is 0 Å². The molecule has 9 heteroatoms. The smallest absolute Gasteiger partial charge is 0.247 e. The minimum Gasteiger partial charge on any atom is -0.497 e. The Bertz CT molecular complexity index is 1080. The zero-order valence-corrected chi connectivity index (χ0v) is 16.3. The van der Waals surface area contributed by atoms with Crippen molar-refractivity contribution in [3.05, 3.63) is 54.7 Å². The summed E-state index contributed by atoms with van der Waals surface area (Å²) in [7, 11) is -0.759. The fraction of sp³-hybridized carbons (Fsp3) is 0.263. The Morgan fingerprint density at radius 1 is 1.04 bits per heavy atom. The molecular weight excluding hydrogens is 380 g/mol. The third-order valence-electron chi connectivity index (χ3n) is 4.77. The van der Waals surface area contributed by atoms with Crippen LogP contribution in [0, 0.1) is 0 Å². The normalized spacial score (nSPS) is 15.2. The van der Waals surface area contributed by atoms with Crippen molar-refractivity contribution in [2.75, 3.05) is 27.3 Å². The Labute approximate surface area is 163 Å². The monoisotopic (exact) mass is 400 g/mol. The first kappa shape index (κ1) is 18.5. The molecule has 4 rings (SSSR count).